The summed E-state index contributed by atoms with van der Waals surface area (Å²) in [5.41, 5.74) is 7.00. The maximum atomic E-state index is 8.93. The molecule has 1 aliphatic heterocycles. The lowest BCUT2D eigenvalue weighted by molar-refractivity contribution is 0.641. The monoisotopic (exact) mass is 216 g/mol. The van der Waals surface area contributed by atoms with Gasteiger partial charge in [-0.1, -0.05) is 6.92 Å². The Labute approximate surface area is 95.7 Å². The number of hydrogen-bond donors (Lipinski definition) is 1. The molecular formula is C12H16N4. The molecule has 0 bridgehead atoms. The smallest absolute Gasteiger partial charge is 0.153 e. The van der Waals surface area contributed by atoms with Crippen LogP contribution in [0.5, 0.6) is 0 Å². The summed E-state index contributed by atoms with van der Waals surface area (Å²) < 4.78 is 0. The van der Waals surface area contributed by atoms with E-state index in [2.05, 4.69) is 22.9 Å². The Bertz CT molecular complexity index is 422. The number of rotatable bonds is 2. The first-order chi connectivity index (χ1) is 7.77. The van der Waals surface area contributed by atoms with E-state index >= 15 is 0 Å². The van der Waals surface area contributed by atoms with E-state index in [0.717, 1.165) is 18.8 Å². The van der Waals surface area contributed by atoms with E-state index in [0.29, 0.717) is 17.3 Å². The number of anilines is 2. The molecule has 0 amide bonds. The Morgan fingerprint density at radius 3 is 3.19 bits per heavy atom. The van der Waals surface area contributed by atoms with Crippen LogP contribution in [0.25, 0.3) is 0 Å². The Hall–Kier alpha value is -1.76. The Morgan fingerprint density at radius 2 is 2.50 bits per heavy atom. The van der Waals surface area contributed by atoms with Gasteiger partial charge in [0.05, 0.1) is 11.3 Å². The SMILES string of the molecule is CCC1CCCN1c1nccc(C#N)c1N. The fraction of sp³-hybridized carbons (Fsp3) is 0.500. The molecule has 2 N–H and O–H groups in total. The van der Waals surface area contributed by atoms with Gasteiger partial charge in [-0.05, 0) is 25.3 Å². The van der Waals surface area contributed by atoms with Gasteiger partial charge in [-0.15, -0.1) is 0 Å². The van der Waals surface area contributed by atoms with Crippen molar-refractivity contribution in [2.24, 2.45) is 0 Å². The van der Waals surface area contributed by atoms with Crippen molar-refractivity contribution >= 4 is 11.5 Å². The van der Waals surface area contributed by atoms with Crippen molar-refractivity contribution in [1.29, 1.82) is 5.26 Å². The van der Waals surface area contributed by atoms with Gasteiger partial charge in [0.2, 0.25) is 0 Å². The summed E-state index contributed by atoms with van der Waals surface area (Å²) >= 11 is 0. The molecule has 1 aromatic rings. The molecule has 1 saturated heterocycles. The Morgan fingerprint density at radius 1 is 1.69 bits per heavy atom. The summed E-state index contributed by atoms with van der Waals surface area (Å²) in [6.07, 6.45) is 5.12. The molecule has 1 unspecified atom stereocenters. The number of pyridine rings is 1. The third kappa shape index (κ3) is 1.69. The molecule has 1 aliphatic rings. The summed E-state index contributed by atoms with van der Waals surface area (Å²) in [7, 11) is 0. The van der Waals surface area contributed by atoms with Crippen molar-refractivity contribution in [1.82, 2.24) is 4.98 Å². The van der Waals surface area contributed by atoms with Crippen molar-refractivity contribution in [3.63, 3.8) is 0 Å². The van der Waals surface area contributed by atoms with Crippen LogP contribution in [0.3, 0.4) is 0 Å². The molecule has 84 valence electrons. The third-order valence-corrected chi connectivity index (χ3v) is 3.21. The maximum absolute atomic E-state index is 8.93. The number of aromatic nitrogens is 1. The maximum Gasteiger partial charge on any atom is 0.153 e. The van der Waals surface area contributed by atoms with Gasteiger partial charge in [-0.3, -0.25) is 0 Å². The lowest BCUT2D eigenvalue weighted by atomic mass is 10.1. The van der Waals surface area contributed by atoms with Gasteiger partial charge >= 0.3 is 0 Å². The van der Waals surface area contributed by atoms with E-state index in [1.54, 1.807) is 12.3 Å². The number of nitrogens with zero attached hydrogens (tertiary/aromatic N) is 3. The minimum Gasteiger partial charge on any atom is -0.395 e. The molecule has 4 heteroatoms. The molecule has 2 heterocycles. The minimum absolute atomic E-state index is 0.517. The molecule has 4 nitrogen and oxygen atoms in total. The molecule has 0 aromatic carbocycles. The van der Waals surface area contributed by atoms with Gasteiger partial charge in [-0.2, -0.15) is 5.26 Å². The first-order valence-electron chi connectivity index (χ1n) is 5.69. The fourth-order valence-corrected chi connectivity index (χ4v) is 2.33. The number of nitrogens with two attached hydrogens (primary N) is 1. The topological polar surface area (TPSA) is 65.9 Å². The van der Waals surface area contributed by atoms with E-state index in [9.17, 15) is 0 Å². The van der Waals surface area contributed by atoms with Crippen molar-refractivity contribution < 1.29 is 0 Å². The number of nitrogen functional groups attached to an aromatic ring is 1. The highest BCUT2D eigenvalue weighted by Gasteiger charge is 2.26. The van der Waals surface area contributed by atoms with Gasteiger partial charge in [0.25, 0.3) is 0 Å². The van der Waals surface area contributed by atoms with Gasteiger partial charge in [0, 0.05) is 18.8 Å². The van der Waals surface area contributed by atoms with E-state index in [1.165, 1.54) is 12.8 Å². The molecule has 2 rings (SSSR count). The molecular weight excluding hydrogens is 200 g/mol. The predicted octanol–water partition coefficient (Wildman–Crippen LogP) is 1.91. The second kappa shape index (κ2) is 4.40. The molecule has 1 aromatic heterocycles. The standard InChI is InChI=1S/C12H16N4/c1-2-10-4-3-7-16(10)12-11(14)9(8-13)5-6-15-12/h5-6,10H,2-4,7,14H2,1H3. The van der Waals surface area contributed by atoms with Gasteiger partial charge in [0.1, 0.15) is 6.07 Å². The largest absolute Gasteiger partial charge is 0.395 e. The summed E-state index contributed by atoms with van der Waals surface area (Å²) in [5.74, 6) is 0.781. The van der Waals surface area contributed by atoms with Crippen molar-refractivity contribution in [2.75, 3.05) is 17.2 Å². The molecule has 1 atom stereocenters. The highest BCUT2D eigenvalue weighted by atomic mass is 15.2. The fourth-order valence-electron chi connectivity index (χ4n) is 2.33. The lowest BCUT2D eigenvalue weighted by Gasteiger charge is -2.26. The van der Waals surface area contributed by atoms with E-state index < -0.39 is 0 Å². The van der Waals surface area contributed by atoms with E-state index in [1.807, 2.05) is 0 Å². The summed E-state index contributed by atoms with van der Waals surface area (Å²) in [5, 5.41) is 8.93. The highest BCUT2D eigenvalue weighted by molar-refractivity contribution is 5.70. The predicted molar refractivity (Wildman–Crippen MR) is 64.0 cm³/mol. The first-order valence-corrected chi connectivity index (χ1v) is 5.69. The van der Waals surface area contributed by atoms with Gasteiger partial charge in [0.15, 0.2) is 5.82 Å². The Balaban J connectivity index is 2.37. The van der Waals surface area contributed by atoms with Crippen LogP contribution in [-0.4, -0.2) is 17.6 Å². The summed E-state index contributed by atoms with van der Waals surface area (Å²) in [6.45, 7) is 3.16. The molecule has 0 saturated carbocycles. The van der Waals surface area contributed by atoms with Gasteiger partial charge < -0.3 is 10.6 Å². The molecule has 1 fully saturated rings. The molecule has 16 heavy (non-hydrogen) atoms. The van der Waals surface area contributed by atoms with Crippen LogP contribution in [-0.2, 0) is 0 Å². The average molecular weight is 216 g/mol. The number of hydrogen-bond acceptors (Lipinski definition) is 4. The summed E-state index contributed by atoms with van der Waals surface area (Å²) in [4.78, 5) is 6.55. The van der Waals surface area contributed by atoms with Crippen molar-refractivity contribution in [2.45, 2.75) is 32.2 Å². The zero-order valence-electron chi connectivity index (χ0n) is 9.48. The number of nitriles is 1. The zero-order valence-corrected chi connectivity index (χ0v) is 9.48. The van der Waals surface area contributed by atoms with Gasteiger partial charge in [-0.25, -0.2) is 4.98 Å². The normalized spacial score (nSPS) is 19.8. The van der Waals surface area contributed by atoms with Crippen LogP contribution in [0.2, 0.25) is 0 Å². The average Bonchev–Trinajstić information content (AvgIpc) is 2.77. The van der Waals surface area contributed by atoms with Crippen LogP contribution in [0.1, 0.15) is 31.7 Å². The quantitative estimate of drug-likeness (QED) is 0.820. The first kappa shape index (κ1) is 10.7. The molecule has 0 spiro atoms. The highest BCUT2D eigenvalue weighted by Crippen LogP contribution is 2.31. The van der Waals surface area contributed by atoms with Crippen molar-refractivity contribution in [3.8, 4) is 6.07 Å². The minimum atomic E-state index is 0.517. The van der Waals surface area contributed by atoms with E-state index in [4.69, 9.17) is 11.0 Å². The second-order valence-electron chi connectivity index (χ2n) is 4.11. The van der Waals surface area contributed by atoms with Crippen LogP contribution < -0.4 is 10.6 Å². The zero-order chi connectivity index (χ0) is 11.5. The molecule has 0 aliphatic carbocycles. The molecule has 0 radical (unpaired) electrons. The van der Waals surface area contributed by atoms with Crippen LogP contribution in [0, 0.1) is 11.3 Å². The summed E-state index contributed by atoms with van der Waals surface area (Å²) in [6, 6.07) is 4.28. The van der Waals surface area contributed by atoms with E-state index in [-0.39, 0.29) is 0 Å². The van der Waals surface area contributed by atoms with Crippen LogP contribution in [0.15, 0.2) is 12.3 Å². The van der Waals surface area contributed by atoms with Crippen molar-refractivity contribution in [3.05, 3.63) is 17.8 Å². The van der Waals surface area contributed by atoms with Crippen LogP contribution >= 0.6 is 0 Å². The third-order valence-electron chi connectivity index (χ3n) is 3.21. The Kier molecular flexibility index (Phi) is 2.95. The lowest BCUT2D eigenvalue weighted by Crippen LogP contribution is -2.30. The van der Waals surface area contributed by atoms with Crippen LogP contribution in [0.4, 0.5) is 11.5 Å². The second-order valence-corrected chi connectivity index (χ2v) is 4.11.